The Labute approximate surface area is 129 Å². The minimum atomic E-state index is -6.63. The van der Waals surface area contributed by atoms with Crippen molar-refractivity contribution in [3.8, 4) is 0 Å². The number of rotatable bonds is 3. The van der Waals surface area contributed by atoms with E-state index in [1.54, 1.807) is 0 Å². The van der Waals surface area contributed by atoms with Crippen LogP contribution in [-0.4, -0.2) is 60.8 Å². The van der Waals surface area contributed by atoms with Crippen LogP contribution in [-0.2, 0) is 9.47 Å². The zero-order valence-corrected chi connectivity index (χ0v) is 12.2. The maximum Gasteiger partial charge on any atom is 0.460 e. The summed E-state index contributed by atoms with van der Waals surface area (Å²) in [5.74, 6) is -4.26. The van der Waals surface area contributed by atoms with E-state index in [0.717, 1.165) is 13.8 Å². The molecular formula is C11H13F10NO2. The Morgan fingerprint density at radius 1 is 1.00 bits per heavy atom. The molecule has 1 aliphatic rings. The number of halogens is 10. The number of ether oxygens (including phenoxy) is 2. The third-order valence-corrected chi connectivity index (χ3v) is 3.31. The van der Waals surface area contributed by atoms with Crippen molar-refractivity contribution >= 4 is 0 Å². The van der Waals surface area contributed by atoms with E-state index in [2.05, 4.69) is 9.47 Å². The summed E-state index contributed by atoms with van der Waals surface area (Å²) in [7, 11) is 0. The van der Waals surface area contributed by atoms with Gasteiger partial charge in [0.15, 0.2) is 0 Å². The first-order valence-electron chi connectivity index (χ1n) is 6.47. The Morgan fingerprint density at radius 2 is 1.46 bits per heavy atom. The van der Waals surface area contributed by atoms with Crippen molar-refractivity contribution in [3.05, 3.63) is 0 Å². The van der Waals surface area contributed by atoms with Crippen molar-refractivity contribution in [1.29, 1.82) is 0 Å². The number of morpholine rings is 1. The van der Waals surface area contributed by atoms with Gasteiger partial charge in [-0.1, -0.05) is 0 Å². The highest BCUT2D eigenvalue weighted by Crippen LogP contribution is 2.55. The smallest absolute Gasteiger partial charge is 0.346 e. The molecule has 2 atom stereocenters. The molecule has 1 saturated heterocycles. The van der Waals surface area contributed by atoms with Crippen LogP contribution in [0.25, 0.3) is 0 Å². The molecule has 0 aromatic heterocycles. The largest absolute Gasteiger partial charge is 0.460 e. The van der Waals surface area contributed by atoms with Crippen LogP contribution in [0.15, 0.2) is 0 Å². The molecule has 0 spiro atoms. The van der Waals surface area contributed by atoms with Gasteiger partial charge in [0.25, 0.3) is 0 Å². The van der Waals surface area contributed by atoms with Gasteiger partial charge in [0.1, 0.15) is 0 Å². The molecular weight excluding hydrogens is 368 g/mol. The second-order valence-electron chi connectivity index (χ2n) is 5.12. The van der Waals surface area contributed by atoms with Crippen LogP contribution in [0.2, 0.25) is 0 Å². The van der Waals surface area contributed by atoms with Gasteiger partial charge in [-0.05, 0) is 13.8 Å². The minimum Gasteiger partial charge on any atom is -0.346 e. The van der Waals surface area contributed by atoms with Crippen LogP contribution >= 0.6 is 0 Å². The van der Waals surface area contributed by atoms with Crippen molar-refractivity contribution in [1.82, 2.24) is 4.90 Å². The first-order valence-corrected chi connectivity index (χ1v) is 6.47. The van der Waals surface area contributed by atoms with Gasteiger partial charge in [-0.2, -0.15) is 39.5 Å². The highest BCUT2D eigenvalue weighted by Gasteiger charge is 2.84. The summed E-state index contributed by atoms with van der Waals surface area (Å²) in [6.07, 6.45) is -20.4. The highest BCUT2D eigenvalue weighted by atomic mass is 19.4. The molecule has 0 saturated carbocycles. The van der Waals surface area contributed by atoms with Crippen molar-refractivity contribution in [2.24, 2.45) is 0 Å². The van der Waals surface area contributed by atoms with Crippen LogP contribution in [0.5, 0.6) is 0 Å². The van der Waals surface area contributed by atoms with E-state index in [9.17, 15) is 43.9 Å². The molecule has 1 aliphatic heterocycles. The fraction of sp³-hybridized carbons (Fsp3) is 1.00. The van der Waals surface area contributed by atoms with Gasteiger partial charge in [-0.3, -0.25) is 0 Å². The molecule has 0 aromatic rings. The van der Waals surface area contributed by atoms with Gasteiger partial charge >= 0.3 is 24.3 Å². The number of alkyl halides is 10. The average Bonchev–Trinajstić information content (AvgIpc) is 2.33. The number of hydrogen-bond donors (Lipinski definition) is 0. The maximum atomic E-state index is 14.4. The zero-order chi connectivity index (χ0) is 19.2. The second-order valence-corrected chi connectivity index (χ2v) is 5.12. The fourth-order valence-corrected chi connectivity index (χ4v) is 2.41. The lowest BCUT2D eigenvalue weighted by atomic mass is 9.90. The molecule has 1 rings (SSSR count). The summed E-state index contributed by atoms with van der Waals surface area (Å²) in [5, 5.41) is 0. The third-order valence-electron chi connectivity index (χ3n) is 3.31. The molecule has 0 aliphatic carbocycles. The monoisotopic (exact) mass is 381 g/mol. The Bertz CT molecular complexity index is 432. The number of hydrogen-bond acceptors (Lipinski definition) is 3. The van der Waals surface area contributed by atoms with Crippen LogP contribution < -0.4 is 0 Å². The third kappa shape index (κ3) is 3.43. The summed E-state index contributed by atoms with van der Waals surface area (Å²) in [6, 6.07) is 0. The molecule has 0 amide bonds. The maximum absolute atomic E-state index is 14.4. The van der Waals surface area contributed by atoms with Crippen LogP contribution in [0.1, 0.15) is 13.8 Å². The summed E-state index contributed by atoms with van der Waals surface area (Å²) < 4.78 is 139. The van der Waals surface area contributed by atoms with Gasteiger partial charge < -0.3 is 9.47 Å². The van der Waals surface area contributed by atoms with E-state index >= 15 is 0 Å². The van der Waals surface area contributed by atoms with Gasteiger partial charge in [0.05, 0.1) is 12.6 Å². The molecule has 2 unspecified atom stereocenters. The fourth-order valence-electron chi connectivity index (χ4n) is 2.41. The predicted molar refractivity (Wildman–Crippen MR) is 58.5 cm³/mol. The van der Waals surface area contributed by atoms with E-state index in [-0.39, 0.29) is 0 Å². The van der Waals surface area contributed by atoms with Gasteiger partial charge in [0.2, 0.25) is 5.79 Å². The van der Waals surface area contributed by atoms with E-state index in [1.165, 1.54) is 0 Å². The van der Waals surface area contributed by atoms with E-state index < -0.39 is 60.8 Å². The predicted octanol–water partition coefficient (Wildman–Crippen LogP) is 3.79. The van der Waals surface area contributed by atoms with Crippen molar-refractivity contribution in [3.63, 3.8) is 0 Å². The van der Waals surface area contributed by atoms with Crippen LogP contribution in [0.3, 0.4) is 0 Å². The number of nitrogens with zero attached hydrogens (tertiary/aromatic N) is 1. The first-order chi connectivity index (χ1) is 10.5. The second kappa shape index (κ2) is 6.16. The van der Waals surface area contributed by atoms with Gasteiger partial charge in [-0.25, -0.2) is 9.29 Å². The molecule has 1 heterocycles. The lowest BCUT2D eigenvalue weighted by Crippen LogP contribution is -2.76. The molecule has 0 aromatic carbocycles. The summed E-state index contributed by atoms with van der Waals surface area (Å²) >= 11 is 0. The lowest BCUT2D eigenvalue weighted by Gasteiger charge is -2.51. The lowest BCUT2D eigenvalue weighted by molar-refractivity contribution is -0.464. The molecule has 0 N–H and O–H groups in total. The minimum absolute atomic E-state index is 0.706. The first kappa shape index (κ1) is 21.2. The van der Waals surface area contributed by atoms with Crippen molar-refractivity contribution in [2.45, 2.75) is 50.1 Å². The van der Waals surface area contributed by atoms with Gasteiger partial charge in [-0.15, -0.1) is 0 Å². The molecule has 13 heteroatoms. The van der Waals surface area contributed by atoms with Crippen molar-refractivity contribution < 1.29 is 53.4 Å². The Morgan fingerprint density at radius 3 is 1.79 bits per heavy atom. The summed E-state index contributed by atoms with van der Waals surface area (Å²) in [6.45, 7) is -2.49. The summed E-state index contributed by atoms with van der Waals surface area (Å²) in [5.41, 5.74) is -6.17. The summed E-state index contributed by atoms with van der Waals surface area (Å²) in [4.78, 5) is -0.706. The van der Waals surface area contributed by atoms with Crippen LogP contribution in [0, 0.1) is 0 Å². The van der Waals surface area contributed by atoms with Crippen LogP contribution in [0.4, 0.5) is 43.9 Å². The van der Waals surface area contributed by atoms with E-state index in [1.807, 2.05) is 0 Å². The topological polar surface area (TPSA) is 21.7 Å². The van der Waals surface area contributed by atoms with Gasteiger partial charge in [0, 0.05) is 13.2 Å². The Kier molecular flexibility index (Phi) is 5.45. The quantitative estimate of drug-likeness (QED) is 0.549. The Hall–Kier alpha value is -0.820. The standard InChI is InChI=1S/C11H13F10NO2/c1-3-23-7(8(12,9(13,14)15)10(16,17)18)5-22(11(19,20)21)4-6(2)24-7/h6H,3-5H2,1-2H3. The zero-order valence-electron chi connectivity index (χ0n) is 12.2. The highest BCUT2D eigenvalue weighted by molar-refractivity contribution is 5.09. The molecule has 1 fully saturated rings. The molecule has 3 nitrogen and oxygen atoms in total. The SMILES string of the molecule is CCOC1(C(F)(C(F)(F)F)C(F)(F)F)CN(C(F)(F)F)CC(C)O1. The average molecular weight is 381 g/mol. The normalized spacial score (nSPS) is 28.2. The Balaban J connectivity index is 3.56. The van der Waals surface area contributed by atoms with E-state index in [4.69, 9.17) is 0 Å². The molecule has 0 radical (unpaired) electrons. The van der Waals surface area contributed by atoms with E-state index in [0.29, 0.717) is 0 Å². The molecule has 0 bridgehead atoms. The molecule has 24 heavy (non-hydrogen) atoms. The molecule has 144 valence electrons. The van der Waals surface area contributed by atoms with Crippen molar-refractivity contribution in [2.75, 3.05) is 19.7 Å².